The number of nitrogens with zero attached hydrogens (tertiary/aromatic N) is 2. The molecule has 1 aliphatic rings. The van der Waals surface area contributed by atoms with Crippen molar-refractivity contribution < 1.29 is 4.39 Å². The van der Waals surface area contributed by atoms with Gasteiger partial charge < -0.3 is 0 Å². The average molecular weight is 214 g/mol. The molecule has 0 spiro atoms. The van der Waals surface area contributed by atoms with Crippen LogP contribution in [0.5, 0.6) is 0 Å². The Bertz CT molecular complexity index is 255. The molecule has 0 atom stereocenters. The molecule has 0 aliphatic carbocycles. The van der Waals surface area contributed by atoms with E-state index in [2.05, 4.69) is 15.3 Å². The van der Waals surface area contributed by atoms with Crippen molar-refractivity contribution in [2.45, 2.75) is 19.4 Å². The van der Waals surface area contributed by atoms with Crippen molar-refractivity contribution in [1.82, 2.24) is 9.88 Å². The molecule has 2 heterocycles. The molecule has 0 unspecified atom stereocenters. The monoisotopic (exact) mass is 214 g/mol. The minimum Gasteiger partial charge on any atom is -0.297 e. The molecule has 4 heteroatoms. The molecular formula is C10H15FN2S. The van der Waals surface area contributed by atoms with E-state index in [9.17, 15) is 4.39 Å². The highest BCUT2D eigenvalue weighted by molar-refractivity contribution is 7.07. The van der Waals surface area contributed by atoms with Crippen molar-refractivity contribution in [2.24, 2.45) is 5.92 Å². The molecule has 78 valence electrons. The number of piperidine rings is 1. The number of alkyl halides is 1. The first-order valence-corrected chi connectivity index (χ1v) is 5.98. The third kappa shape index (κ3) is 2.51. The van der Waals surface area contributed by atoms with E-state index in [4.69, 9.17) is 0 Å². The predicted molar refractivity (Wildman–Crippen MR) is 56.1 cm³/mol. The second-order valence-electron chi connectivity index (χ2n) is 3.85. The lowest BCUT2D eigenvalue weighted by Crippen LogP contribution is -2.33. The molecule has 0 bridgehead atoms. The second kappa shape index (κ2) is 4.84. The largest absolute Gasteiger partial charge is 0.297 e. The van der Waals surface area contributed by atoms with Gasteiger partial charge in [-0.3, -0.25) is 9.29 Å². The first-order chi connectivity index (χ1) is 6.88. The predicted octanol–water partition coefficient (Wildman–Crippen LogP) is 2.32. The van der Waals surface area contributed by atoms with Crippen LogP contribution in [0.1, 0.15) is 18.5 Å². The number of hydrogen-bond donors (Lipinski definition) is 0. The summed E-state index contributed by atoms with van der Waals surface area (Å²) in [5, 5.41) is 2.08. The maximum Gasteiger partial charge on any atom is 0.0923 e. The third-order valence-electron chi connectivity index (χ3n) is 2.79. The SMILES string of the molecule is FCC1CCN(Cc2cscn2)CC1. The standard InChI is InChI=1S/C10H15FN2S/c11-5-9-1-3-13(4-2-9)6-10-7-14-8-12-10/h7-9H,1-6H2. The molecule has 1 aromatic rings. The van der Waals surface area contributed by atoms with Crippen LogP contribution in [0.4, 0.5) is 4.39 Å². The van der Waals surface area contributed by atoms with E-state index in [1.807, 2.05) is 5.51 Å². The van der Waals surface area contributed by atoms with E-state index < -0.39 is 0 Å². The fourth-order valence-electron chi connectivity index (χ4n) is 1.84. The lowest BCUT2D eigenvalue weighted by molar-refractivity contribution is 0.158. The quantitative estimate of drug-likeness (QED) is 0.767. The lowest BCUT2D eigenvalue weighted by atomic mass is 9.98. The van der Waals surface area contributed by atoms with Crippen LogP contribution in [0.25, 0.3) is 0 Å². The Morgan fingerprint density at radius 3 is 2.86 bits per heavy atom. The second-order valence-corrected chi connectivity index (χ2v) is 4.57. The van der Waals surface area contributed by atoms with Gasteiger partial charge in [0.1, 0.15) is 0 Å². The zero-order valence-electron chi connectivity index (χ0n) is 8.16. The molecule has 1 aromatic heterocycles. The van der Waals surface area contributed by atoms with E-state index >= 15 is 0 Å². The molecule has 1 saturated heterocycles. The number of likely N-dealkylation sites (tertiary alicyclic amines) is 1. The summed E-state index contributed by atoms with van der Waals surface area (Å²) in [7, 11) is 0. The molecule has 0 amide bonds. The Morgan fingerprint density at radius 2 is 2.29 bits per heavy atom. The van der Waals surface area contributed by atoms with Crippen molar-refractivity contribution in [1.29, 1.82) is 0 Å². The summed E-state index contributed by atoms with van der Waals surface area (Å²) in [4.78, 5) is 6.61. The van der Waals surface area contributed by atoms with E-state index in [0.717, 1.165) is 38.2 Å². The molecule has 2 nitrogen and oxygen atoms in total. The highest BCUT2D eigenvalue weighted by Crippen LogP contribution is 2.19. The maximum absolute atomic E-state index is 12.4. The van der Waals surface area contributed by atoms with Gasteiger partial charge in [0.25, 0.3) is 0 Å². The van der Waals surface area contributed by atoms with Gasteiger partial charge in [0, 0.05) is 11.9 Å². The summed E-state index contributed by atoms with van der Waals surface area (Å²) in [6.07, 6.45) is 2.00. The molecule has 14 heavy (non-hydrogen) atoms. The summed E-state index contributed by atoms with van der Waals surface area (Å²) in [6.45, 7) is 2.82. The summed E-state index contributed by atoms with van der Waals surface area (Å²) >= 11 is 1.64. The summed E-state index contributed by atoms with van der Waals surface area (Å²) in [6, 6.07) is 0. The maximum atomic E-state index is 12.4. The van der Waals surface area contributed by atoms with Gasteiger partial charge in [-0.25, -0.2) is 4.98 Å². The van der Waals surface area contributed by atoms with Crippen molar-refractivity contribution in [2.75, 3.05) is 19.8 Å². The Labute approximate surface area is 87.8 Å². The van der Waals surface area contributed by atoms with Gasteiger partial charge >= 0.3 is 0 Å². The van der Waals surface area contributed by atoms with Crippen LogP contribution in [-0.4, -0.2) is 29.6 Å². The zero-order chi connectivity index (χ0) is 9.80. The van der Waals surface area contributed by atoms with Crippen molar-refractivity contribution in [3.8, 4) is 0 Å². The van der Waals surface area contributed by atoms with Gasteiger partial charge in [-0.1, -0.05) is 0 Å². The van der Waals surface area contributed by atoms with E-state index in [1.54, 1.807) is 11.3 Å². The van der Waals surface area contributed by atoms with E-state index in [1.165, 1.54) is 0 Å². The van der Waals surface area contributed by atoms with E-state index in [-0.39, 0.29) is 6.67 Å². The minimum absolute atomic E-state index is 0.148. The number of hydrogen-bond acceptors (Lipinski definition) is 3. The Morgan fingerprint density at radius 1 is 1.50 bits per heavy atom. The van der Waals surface area contributed by atoms with Crippen LogP contribution < -0.4 is 0 Å². The smallest absolute Gasteiger partial charge is 0.0923 e. The summed E-state index contributed by atoms with van der Waals surface area (Å²) < 4.78 is 12.4. The Balaban J connectivity index is 1.79. The van der Waals surface area contributed by atoms with Crippen LogP contribution in [-0.2, 0) is 6.54 Å². The summed E-state index contributed by atoms with van der Waals surface area (Å²) in [5.41, 5.74) is 3.01. The first kappa shape index (κ1) is 10.1. The molecule has 0 radical (unpaired) electrons. The summed E-state index contributed by atoms with van der Waals surface area (Å²) in [5.74, 6) is 0.307. The molecule has 1 fully saturated rings. The van der Waals surface area contributed by atoms with Crippen molar-refractivity contribution in [3.05, 3.63) is 16.6 Å². The van der Waals surface area contributed by atoms with Crippen molar-refractivity contribution >= 4 is 11.3 Å². The normalized spacial score (nSPS) is 20.1. The van der Waals surface area contributed by atoms with Crippen LogP contribution in [0.2, 0.25) is 0 Å². The number of rotatable bonds is 3. The molecule has 0 saturated carbocycles. The molecule has 0 N–H and O–H groups in total. The molecular weight excluding hydrogens is 199 g/mol. The van der Waals surface area contributed by atoms with Gasteiger partial charge in [-0.05, 0) is 31.8 Å². The lowest BCUT2D eigenvalue weighted by Gasteiger charge is -2.29. The van der Waals surface area contributed by atoms with Crippen LogP contribution in [0.15, 0.2) is 10.9 Å². The van der Waals surface area contributed by atoms with Gasteiger partial charge in [-0.2, -0.15) is 0 Å². The van der Waals surface area contributed by atoms with Crippen LogP contribution >= 0.6 is 11.3 Å². The number of halogens is 1. The first-order valence-electron chi connectivity index (χ1n) is 5.04. The zero-order valence-corrected chi connectivity index (χ0v) is 8.97. The van der Waals surface area contributed by atoms with Gasteiger partial charge in [0.05, 0.1) is 17.9 Å². The van der Waals surface area contributed by atoms with Gasteiger partial charge in [0.2, 0.25) is 0 Å². The van der Waals surface area contributed by atoms with Crippen LogP contribution in [0, 0.1) is 5.92 Å². The third-order valence-corrected chi connectivity index (χ3v) is 3.43. The fourth-order valence-corrected chi connectivity index (χ4v) is 2.39. The highest BCUT2D eigenvalue weighted by atomic mass is 32.1. The van der Waals surface area contributed by atoms with Crippen molar-refractivity contribution in [3.63, 3.8) is 0 Å². The fraction of sp³-hybridized carbons (Fsp3) is 0.700. The van der Waals surface area contributed by atoms with Gasteiger partial charge in [-0.15, -0.1) is 11.3 Å². The highest BCUT2D eigenvalue weighted by Gasteiger charge is 2.19. The Hall–Kier alpha value is -0.480. The molecule has 1 aliphatic heterocycles. The van der Waals surface area contributed by atoms with Gasteiger partial charge in [0.15, 0.2) is 0 Å². The Kier molecular flexibility index (Phi) is 3.48. The average Bonchev–Trinajstić information content (AvgIpc) is 2.72. The van der Waals surface area contributed by atoms with Crippen LogP contribution in [0.3, 0.4) is 0 Å². The number of thiazole rings is 1. The molecule has 0 aromatic carbocycles. The number of aromatic nitrogens is 1. The topological polar surface area (TPSA) is 16.1 Å². The molecule has 2 rings (SSSR count). The van der Waals surface area contributed by atoms with E-state index in [0.29, 0.717) is 5.92 Å². The minimum atomic E-state index is -0.148.